The van der Waals surface area contributed by atoms with Gasteiger partial charge in [-0.2, -0.15) is 0 Å². The molecule has 2 unspecified atom stereocenters. The molecule has 1 fully saturated rings. The van der Waals surface area contributed by atoms with E-state index in [2.05, 4.69) is 58.2 Å². The van der Waals surface area contributed by atoms with E-state index in [1.54, 1.807) is 7.11 Å². The van der Waals surface area contributed by atoms with E-state index in [-0.39, 0.29) is 0 Å². The predicted molar refractivity (Wildman–Crippen MR) is 92.9 cm³/mol. The Hall–Kier alpha value is -0.580. The molecular formula is C17H27BrN2O. The topological polar surface area (TPSA) is 24.5 Å². The molecular weight excluding hydrogens is 328 g/mol. The molecule has 1 N–H and O–H groups in total. The van der Waals surface area contributed by atoms with E-state index in [1.165, 1.54) is 24.1 Å². The van der Waals surface area contributed by atoms with Crippen LogP contribution in [0.1, 0.15) is 32.3 Å². The van der Waals surface area contributed by atoms with Crippen LogP contribution < -0.4 is 10.2 Å². The minimum Gasteiger partial charge on any atom is -0.383 e. The maximum absolute atomic E-state index is 5.10. The first-order valence-corrected chi connectivity index (χ1v) is 8.66. The fraction of sp³-hybridized carbons (Fsp3) is 0.647. The normalized spacial score (nSPS) is 22.6. The van der Waals surface area contributed by atoms with E-state index in [4.69, 9.17) is 4.74 Å². The first-order chi connectivity index (χ1) is 10.1. The summed E-state index contributed by atoms with van der Waals surface area (Å²) in [4.78, 5) is 2.58. The fourth-order valence-electron chi connectivity index (χ4n) is 3.00. The second-order valence-electron chi connectivity index (χ2n) is 6.13. The molecule has 21 heavy (non-hydrogen) atoms. The highest BCUT2D eigenvalue weighted by Gasteiger charge is 2.24. The van der Waals surface area contributed by atoms with Crippen molar-refractivity contribution in [3.8, 4) is 0 Å². The van der Waals surface area contributed by atoms with Crippen molar-refractivity contribution in [3.63, 3.8) is 0 Å². The van der Waals surface area contributed by atoms with Crippen LogP contribution in [0.25, 0.3) is 0 Å². The molecule has 1 aromatic rings. The van der Waals surface area contributed by atoms with Crippen LogP contribution >= 0.6 is 15.9 Å². The van der Waals surface area contributed by atoms with Crippen LogP contribution in [-0.4, -0.2) is 32.8 Å². The van der Waals surface area contributed by atoms with Crippen molar-refractivity contribution in [2.45, 2.75) is 39.3 Å². The van der Waals surface area contributed by atoms with Crippen molar-refractivity contribution in [2.75, 3.05) is 31.7 Å². The number of nitrogens with one attached hydrogen (secondary N) is 1. The first-order valence-electron chi connectivity index (χ1n) is 7.86. The van der Waals surface area contributed by atoms with Crippen molar-refractivity contribution >= 4 is 21.6 Å². The Kier molecular flexibility index (Phi) is 6.52. The fourth-order valence-corrected chi connectivity index (χ4v) is 3.41. The number of hydrogen-bond acceptors (Lipinski definition) is 3. The number of benzene rings is 1. The third-order valence-corrected chi connectivity index (χ3v) is 4.76. The molecule has 0 aliphatic carbocycles. The monoisotopic (exact) mass is 354 g/mol. The summed E-state index contributed by atoms with van der Waals surface area (Å²) in [5, 5.41) is 3.46. The molecule has 118 valence electrons. The third-order valence-electron chi connectivity index (χ3n) is 4.27. The summed E-state index contributed by atoms with van der Waals surface area (Å²) in [5.41, 5.74) is 2.74. The van der Waals surface area contributed by atoms with Gasteiger partial charge in [-0.3, -0.25) is 0 Å². The van der Waals surface area contributed by atoms with Crippen LogP contribution in [0.15, 0.2) is 22.7 Å². The van der Waals surface area contributed by atoms with Gasteiger partial charge < -0.3 is 15.0 Å². The van der Waals surface area contributed by atoms with Gasteiger partial charge in [-0.15, -0.1) is 0 Å². The number of ether oxygens (including phenoxy) is 1. The van der Waals surface area contributed by atoms with Crippen LogP contribution in [0.5, 0.6) is 0 Å². The van der Waals surface area contributed by atoms with Gasteiger partial charge in [0, 0.05) is 42.9 Å². The van der Waals surface area contributed by atoms with Gasteiger partial charge in [-0.25, -0.2) is 0 Å². The van der Waals surface area contributed by atoms with E-state index < -0.39 is 0 Å². The standard InChI is InChI=1S/C17H27BrN2O/c1-13-4-5-14(2)20(12-13)17-7-6-16(18)10-15(17)11-19-8-9-21-3/h6-7,10,13-14,19H,4-5,8-9,11-12H2,1-3H3. The zero-order valence-corrected chi connectivity index (χ0v) is 14.9. The molecule has 1 heterocycles. The quantitative estimate of drug-likeness (QED) is 0.786. The Morgan fingerprint density at radius 1 is 1.33 bits per heavy atom. The van der Waals surface area contributed by atoms with E-state index in [1.807, 2.05) is 0 Å². The average Bonchev–Trinajstić information content (AvgIpc) is 2.47. The highest BCUT2D eigenvalue weighted by atomic mass is 79.9. The predicted octanol–water partition coefficient (Wildman–Crippen LogP) is 3.81. The van der Waals surface area contributed by atoms with Crippen molar-refractivity contribution in [3.05, 3.63) is 28.2 Å². The van der Waals surface area contributed by atoms with Gasteiger partial charge in [0.25, 0.3) is 0 Å². The van der Waals surface area contributed by atoms with Crippen LogP contribution in [0.3, 0.4) is 0 Å². The van der Waals surface area contributed by atoms with Gasteiger partial charge in [-0.05, 0) is 49.4 Å². The lowest BCUT2D eigenvalue weighted by Gasteiger charge is -2.39. The molecule has 2 rings (SSSR count). The maximum Gasteiger partial charge on any atom is 0.0587 e. The number of halogens is 1. The highest BCUT2D eigenvalue weighted by molar-refractivity contribution is 9.10. The Morgan fingerprint density at radius 3 is 2.90 bits per heavy atom. The van der Waals surface area contributed by atoms with Crippen molar-refractivity contribution in [2.24, 2.45) is 5.92 Å². The lowest BCUT2D eigenvalue weighted by atomic mass is 9.93. The average molecular weight is 355 g/mol. The molecule has 4 heteroatoms. The third kappa shape index (κ3) is 4.70. The summed E-state index contributed by atoms with van der Waals surface area (Å²) in [6.45, 7) is 8.38. The lowest BCUT2D eigenvalue weighted by molar-refractivity contribution is 0.199. The molecule has 1 aliphatic rings. The molecule has 2 atom stereocenters. The Morgan fingerprint density at radius 2 is 2.14 bits per heavy atom. The minimum absolute atomic E-state index is 0.625. The summed E-state index contributed by atoms with van der Waals surface area (Å²) >= 11 is 3.60. The number of anilines is 1. The van der Waals surface area contributed by atoms with Crippen LogP contribution in [0.4, 0.5) is 5.69 Å². The number of rotatable bonds is 6. The highest BCUT2D eigenvalue weighted by Crippen LogP contribution is 2.31. The molecule has 0 radical (unpaired) electrons. The van der Waals surface area contributed by atoms with Crippen LogP contribution in [0.2, 0.25) is 0 Å². The van der Waals surface area contributed by atoms with Gasteiger partial charge >= 0.3 is 0 Å². The number of piperidine rings is 1. The van der Waals surface area contributed by atoms with Gasteiger partial charge in [0.15, 0.2) is 0 Å². The first kappa shape index (κ1) is 16.8. The van der Waals surface area contributed by atoms with E-state index in [9.17, 15) is 0 Å². The largest absolute Gasteiger partial charge is 0.383 e. The minimum atomic E-state index is 0.625. The SMILES string of the molecule is COCCNCc1cc(Br)ccc1N1CC(C)CCC1C. The molecule has 0 aromatic heterocycles. The van der Waals surface area contributed by atoms with Gasteiger partial charge in [0.05, 0.1) is 6.61 Å². The Balaban J connectivity index is 2.13. The van der Waals surface area contributed by atoms with E-state index in [0.717, 1.165) is 36.6 Å². The summed E-state index contributed by atoms with van der Waals surface area (Å²) in [7, 11) is 1.74. The van der Waals surface area contributed by atoms with Crippen molar-refractivity contribution in [1.82, 2.24) is 5.32 Å². The van der Waals surface area contributed by atoms with Crippen molar-refractivity contribution < 1.29 is 4.74 Å². The molecule has 1 saturated heterocycles. The molecule has 0 bridgehead atoms. The van der Waals surface area contributed by atoms with E-state index >= 15 is 0 Å². The van der Waals surface area contributed by atoms with E-state index in [0.29, 0.717) is 6.04 Å². The number of nitrogens with zero attached hydrogens (tertiary/aromatic N) is 1. The Labute approximate surface area is 137 Å². The molecule has 1 aliphatic heterocycles. The molecule has 0 spiro atoms. The van der Waals surface area contributed by atoms with Crippen LogP contribution in [-0.2, 0) is 11.3 Å². The molecule has 0 amide bonds. The lowest BCUT2D eigenvalue weighted by Crippen LogP contribution is -2.41. The number of methoxy groups -OCH3 is 1. The number of hydrogen-bond donors (Lipinski definition) is 1. The van der Waals surface area contributed by atoms with Gasteiger partial charge in [0.2, 0.25) is 0 Å². The molecule has 1 aromatic carbocycles. The maximum atomic E-state index is 5.10. The van der Waals surface area contributed by atoms with Crippen molar-refractivity contribution in [1.29, 1.82) is 0 Å². The van der Waals surface area contributed by atoms with Gasteiger partial charge in [-0.1, -0.05) is 22.9 Å². The molecule has 3 nitrogen and oxygen atoms in total. The smallest absolute Gasteiger partial charge is 0.0587 e. The van der Waals surface area contributed by atoms with Gasteiger partial charge in [0.1, 0.15) is 0 Å². The summed E-state index contributed by atoms with van der Waals surface area (Å²) in [6, 6.07) is 7.27. The zero-order valence-electron chi connectivity index (χ0n) is 13.4. The summed E-state index contributed by atoms with van der Waals surface area (Å²) < 4.78 is 6.24. The van der Waals surface area contributed by atoms with Crippen LogP contribution in [0, 0.1) is 5.92 Å². The zero-order chi connectivity index (χ0) is 15.2. The summed E-state index contributed by atoms with van der Waals surface area (Å²) in [6.07, 6.45) is 2.63. The second-order valence-corrected chi connectivity index (χ2v) is 7.04. The second kappa shape index (κ2) is 8.16. The summed E-state index contributed by atoms with van der Waals surface area (Å²) in [5.74, 6) is 0.777. The molecule has 0 saturated carbocycles. The Bertz CT molecular complexity index is 452.